The van der Waals surface area contributed by atoms with Crippen LogP contribution >= 0.6 is 23.2 Å². The van der Waals surface area contributed by atoms with Crippen LogP contribution in [0.25, 0.3) is 0 Å². The Morgan fingerprint density at radius 3 is 2.47 bits per heavy atom. The molecular weight excluding hydrogens is 525 g/mol. The molecule has 36 heavy (non-hydrogen) atoms. The van der Waals surface area contributed by atoms with Crippen LogP contribution in [0.3, 0.4) is 0 Å². The zero-order valence-electron chi connectivity index (χ0n) is 19.7. The van der Waals surface area contributed by atoms with Crippen molar-refractivity contribution in [2.45, 2.75) is 62.6 Å². The third-order valence-corrected chi connectivity index (χ3v) is 9.04. The highest BCUT2D eigenvalue weighted by Gasteiger charge is 2.43. The van der Waals surface area contributed by atoms with Gasteiger partial charge in [0.15, 0.2) is 0 Å². The quantitative estimate of drug-likeness (QED) is 0.559. The number of nitrogens with zero attached hydrogens (tertiary/aromatic N) is 2. The highest BCUT2D eigenvalue weighted by atomic mass is 35.5. The number of carbonyl (C=O) groups excluding carboxylic acids is 3. The van der Waals surface area contributed by atoms with Crippen LogP contribution in [0.5, 0.6) is 0 Å². The number of hydrogen-bond acceptors (Lipinski definition) is 5. The van der Waals surface area contributed by atoms with Gasteiger partial charge in [-0.1, -0.05) is 60.7 Å². The second-order valence-electron chi connectivity index (χ2n) is 9.09. The van der Waals surface area contributed by atoms with Crippen molar-refractivity contribution in [3.63, 3.8) is 0 Å². The molecule has 2 aromatic rings. The zero-order valence-corrected chi connectivity index (χ0v) is 22.1. The summed E-state index contributed by atoms with van der Waals surface area (Å²) in [5.74, 6) is -1.82. The molecule has 3 amide bonds. The zero-order chi connectivity index (χ0) is 26.0. The molecule has 0 bridgehead atoms. The van der Waals surface area contributed by atoms with Crippen LogP contribution in [-0.2, 0) is 26.2 Å². The minimum atomic E-state index is -4.19. The van der Waals surface area contributed by atoms with E-state index >= 15 is 0 Å². The molecule has 192 valence electrons. The number of nitrogens with one attached hydrogen (secondary N) is 1. The molecule has 0 saturated heterocycles. The van der Waals surface area contributed by atoms with E-state index in [1.54, 1.807) is 25.1 Å². The van der Waals surface area contributed by atoms with E-state index < -0.39 is 34.4 Å². The molecular formula is C25H27Cl2N3O5S. The first-order valence-corrected chi connectivity index (χ1v) is 14.0. The Morgan fingerprint density at radius 2 is 1.81 bits per heavy atom. The van der Waals surface area contributed by atoms with E-state index in [0.29, 0.717) is 19.9 Å². The van der Waals surface area contributed by atoms with Crippen LogP contribution in [0.15, 0.2) is 47.4 Å². The Kier molecular flexibility index (Phi) is 7.92. The minimum absolute atomic E-state index is 0.0145. The van der Waals surface area contributed by atoms with E-state index in [0.717, 1.165) is 32.1 Å². The number of sulfonamides is 1. The maximum absolute atomic E-state index is 13.5. The summed E-state index contributed by atoms with van der Waals surface area (Å²) in [5.41, 5.74) is 0.548. The van der Waals surface area contributed by atoms with Crippen molar-refractivity contribution in [2.24, 2.45) is 0 Å². The van der Waals surface area contributed by atoms with Gasteiger partial charge in [0.1, 0.15) is 17.5 Å². The van der Waals surface area contributed by atoms with Gasteiger partial charge in [-0.15, -0.1) is 0 Å². The van der Waals surface area contributed by atoms with Gasteiger partial charge >= 0.3 is 0 Å². The molecule has 1 unspecified atom stereocenters. The van der Waals surface area contributed by atoms with E-state index in [4.69, 9.17) is 23.2 Å². The lowest BCUT2D eigenvalue weighted by Gasteiger charge is -2.32. The van der Waals surface area contributed by atoms with Crippen LogP contribution in [0.1, 0.15) is 54.9 Å². The third kappa shape index (κ3) is 5.38. The number of fused-ring (bicyclic) bond motifs is 1. The predicted molar refractivity (Wildman–Crippen MR) is 136 cm³/mol. The monoisotopic (exact) mass is 551 g/mol. The Bertz CT molecular complexity index is 1290. The molecule has 2 aliphatic rings. The first-order valence-electron chi connectivity index (χ1n) is 11.8. The van der Waals surface area contributed by atoms with Gasteiger partial charge in [0, 0.05) is 22.6 Å². The smallest absolute Gasteiger partial charge is 0.269 e. The average molecular weight is 552 g/mol. The fraction of sp³-hybridized carbons (Fsp3) is 0.400. The number of halogens is 2. The predicted octanol–water partition coefficient (Wildman–Crippen LogP) is 4.00. The molecule has 1 aliphatic carbocycles. The first-order chi connectivity index (χ1) is 17.1. The fourth-order valence-corrected chi connectivity index (χ4v) is 6.57. The van der Waals surface area contributed by atoms with Crippen molar-refractivity contribution in [3.8, 4) is 0 Å². The molecule has 1 atom stereocenters. The van der Waals surface area contributed by atoms with Gasteiger partial charge in [-0.3, -0.25) is 14.4 Å². The van der Waals surface area contributed by atoms with Crippen molar-refractivity contribution in [3.05, 3.63) is 63.6 Å². The van der Waals surface area contributed by atoms with Crippen LogP contribution < -0.4 is 5.32 Å². The number of rotatable bonds is 7. The van der Waals surface area contributed by atoms with Crippen LogP contribution in [-0.4, -0.2) is 54.0 Å². The first kappa shape index (κ1) is 26.4. The molecule has 0 radical (unpaired) electrons. The van der Waals surface area contributed by atoms with Gasteiger partial charge in [-0.05, 0) is 49.6 Å². The lowest BCUT2D eigenvalue weighted by molar-refractivity contribution is -0.140. The van der Waals surface area contributed by atoms with Crippen LogP contribution in [0.4, 0.5) is 0 Å². The third-order valence-electron chi connectivity index (χ3n) is 6.67. The summed E-state index contributed by atoms with van der Waals surface area (Å²) < 4.78 is 26.5. The van der Waals surface area contributed by atoms with Gasteiger partial charge in [0.2, 0.25) is 11.8 Å². The van der Waals surface area contributed by atoms with E-state index in [9.17, 15) is 22.8 Å². The van der Waals surface area contributed by atoms with Gasteiger partial charge < -0.3 is 10.2 Å². The van der Waals surface area contributed by atoms with Gasteiger partial charge in [0.05, 0.1) is 5.56 Å². The Hall–Kier alpha value is -2.62. The molecule has 1 N–H and O–H groups in total. The van der Waals surface area contributed by atoms with Gasteiger partial charge in [-0.25, -0.2) is 12.7 Å². The highest BCUT2D eigenvalue weighted by Crippen LogP contribution is 2.30. The SMILES string of the molecule is CC(C(=O)NC1CCCCC1)N(Cc1ccc(Cl)cc1Cl)C(=O)CN1C(=O)c2ccccc2S1(=O)=O. The van der Waals surface area contributed by atoms with Gasteiger partial charge in [-0.2, -0.15) is 0 Å². The lowest BCUT2D eigenvalue weighted by Crippen LogP contribution is -2.52. The number of amides is 3. The number of benzene rings is 2. The molecule has 2 aromatic carbocycles. The molecule has 1 heterocycles. The number of hydrogen-bond donors (Lipinski definition) is 1. The van der Waals surface area contributed by atoms with Crippen LogP contribution in [0.2, 0.25) is 10.0 Å². The summed E-state index contributed by atoms with van der Waals surface area (Å²) in [7, 11) is -4.19. The standard InChI is InChI=1S/C25H27Cl2N3O5S/c1-16(24(32)28-19-7-3-2-4-8-19)29(14-17-11-12-18(26)13-21(17)27)23(31)15-30-25(33)20-9-5-6-10-22(20)36(30,34)35/h5-6,9-13,16,19H,2-4,7-8,14-15H2,1H3,(H,28,32). The molecule has 0 aromatic heterocycles. The van der Waals surface area contributed by atoms with Gasteiger partial charge in [0.25, 0.3) is 15.9 Å². The van der Waals surface area contributed by atoms with Crippen molar-refractivity contribution < 1.29 is 22.8 Å². The second kappa shape index (κ2) is 10.8. The molecule has 0 spiro atoms. The summed E-state index contributed by atoms with van der Waals surface area (Å²) >= 11 is 12.3. The summed E-state index contributed by atoms with van der Waals surface area (Å²) in [4.78, 5) is 40.6. The van der Waals surface area contributed by atoms with Crippen molar-refractivity contribution in [2.75, 3.05) is 6.54 Å². The van der Waals surface area contributed by atoms with E-state index in [-0.39, 0.29) is 29.0 Å². The van der Waals surface area contributed by atoms with Crippen LogP contribution in [0, 0.1) is 0 Å². The summed E-state index contributed by atoms with van der Waals surface area (Å²) in [5, 5.41) is 3.73. The largest absolute Gasteiger partial charge is 0.352 e. The molecule has 8 nitrogen and oxygen atoms in total. The van der Waals surface area contributed by atoms with E-state index in [2.05, 4.69) is 5.32 Å². The Morgan fingerprint density at radius 1 is 1.11 bits per heavy atom. The minimum Gasteiger partial charge on any atom is -0.352 e. The average Bonchev–Trinajstić information content (AvgIpc) is 3.04. The molecule has 4 rings (SSSR count). The van der Waals surface area contributed by atoms with E-state index in [1.165, 1.54) is 29.2 Å². The summed E-state index contributed by atoms with van der Waals surface area (Å²) in [6.45, 7) is 0.778. The van der Waals surface area contributed by atoms with Crippen molar-refractivity contribution >= 4 is 50.9 Å². The van der Waals surface area contributed by atoms with E-state index in [1.807, 2.05) is 0 Å². The Balaban J connectivity index is 1.59. The second-order valence-corrected chi connectivity index (χ2v) is 11.8. The van der Waals surface area contributed by atoms with Crippen molar-refractivity contribution in [1.29, 1.82) is 0 Å². The normalized spacial score (nSPS) is 18.0. The van der Waals surface area contributed by atoms with Crippen molar-refractivity contribution in [1.82, 2.24) is 14.5 Å². The highest BCUT2D eigenvalue weighted by molar-refractivity contribution is 7.90. The molecule has 11 heteroatoms. The molecule has 1 aliphatic heterocycles. The maximum Gasteiger partial charge on any atom is 0.269 e. The summed E-state index contributed by atoms with van der Waals surface area (Å²) in [6, 6.07) is 9.69. The summed E-state index contributed by atoms with van der Waals surface area (Å²) in [6.07, 6.45) is 4.92. The topological polar surface area (TPSA) is 104 Å². The molecule has 1 fully saturated rings. The number of carbonyl (C=O) groups is 3. The Labute approximate surface area is 220 Å². The molecule has 1 saturated carbocycles. The lowest BCUT2D eigenvalue weighted by atomic mass is 9.95. The maximum atomic E-state index is 13.5. The fourth-order valence-electron chi connectivity index (χ4n) is 4.59.